The van der Waals surface area contributed by atoms with E-state index >= 15 is 13.2 Å². The third-order valence-corrected chi connectivity index (χ3v) is 24.8. The molecular weight excluding hydrogens is 1680 g/mol. The molecule has 3 saturated heterocycles. The Morgan fingerprint density at radius 2 is 0.690 bits per heavy atom. The van der Waals surface area contributed by atoms with E-state index in [4.69, 9.17) is 49.0 Å². The fourth-order valence-corrected chi connectivity index (χ4v) is 18.6. The van der Waals surface area contributed by atoms with Crippen LogP contribution in [0, 0.1) is 38.2 Å². The fourth-order valence-electron chi connectivity index (χ4n) is 17.7. The van der Waals surface area contributed by atoms with Gasteiger partial charge in [0.1, 0.15) is 72.0 Å². The molecular formula is C93H87Cl3F3N15O12. The molecule has 6 aromatic carbocycles. The molecule has 3 fully saturated rings. The SMILES string of the molecule is C=CC(=O)N1CCN2c3nc(=O)n(-c4c(C)ccnc4C(C)C)c4cc(-c5c(O)cccc5F)c(Cl)c(c34)OC[C@H]2C1.C=CC(=O)N1CCN2c3nc(=O)n(-c4c(C)ccnc4C(C)C)c4cc(-c5c(O)cccc5F)c(Cl)c(c34)OC[C@H]2C1.C=CC(=O)N1CCN2c3nc(=O)n(-c4c(C)ccnc4C(C)C)c4cc(-c5c(O)cccc5F)c(Cl)c(c34)OC[C@H]2C1. The van der Waals surface area contributed by atoms with Gasteiger partial charge >= 0.3 is 17.1 Å². The maximum atomic E-state index is 15.3. The number of aromatic nitrogens is 9. The molecule has 18 rings (SSSR count). The van der Waals surface area contributed by atoms with Gasteiger partial charge in [0, 0.05) is 94.2 Å². The van der Waals surface area contributed by atoms with E-state index in [1.165, 1.54) is 86.5 Å². The highest BCUT2D eigenvalue weighted by Crippen LogP contribution is 2.54. The van der Waals surface area contributed by atoms with E-state index < -0.39 is 34.5 Å². The van der Waals surface area contributed by atoms with E-state index in [1.54, 1.807) is 51.5 Å². The Morgan fingerprint density at radius 3 is 0.929 bits per heavy atom. The monoisotopic (exact) mass is 1770 g/mol. The zero-order chi connectivity index (χ0) is 89.6. The fraction of sp³-hybridized carbons (Fsp3) is 0.290. The lowest BCUT2D eigenvalue weighted by atomic mass is 9.99. The van der Waals surface area contributed by atoms with Crippen LogP contribution < -0.4 is 46.0 Å². The number of pyridine rings is 3. The minimum atomic E-state index is -0.684. The van der Waals surface area contributed by atoms with Crippen molar-refractivity contribution in [1.29, 1.82) is 0 Å². The largest absolute Gasteiger partial charge is 0.507 e. The van der Waals surface area contributed by atoms with Crippen LogP contribution in [0.4, 0.5) is 30.6 Å². The predicted molar refractivity (Wildman–Crippen MR) is 478 cm³/mol. The average Bonchev–Trinajstić information content (AvgIpc) is 1.33. The van der Waals surface area contributed by atoms with Crippen LogP contribution in [0.2, 0.25) is 15.1 Å². The van der Waals surface area contributed by atoms with Gasteiger partial charge in [0.15, 0.2) is 17.2 Å². The number of phenols is 3. The number of carbonyl (C=O) groups excluding carboxylic acids is 3. The number of halogens is 6. The van der Waals surface area contributed by atoms with Crippen LogP contribution in [0.25, 0.3) is 83.2 Å². The molecule has 0 unspecified atom stereocenters. The molecule has 0 spiro atoms. The normalized spacial score (nSPS) is 16.3. The van der Waals surface area contributed by atoms with Gasteiger partial charge in [-0.15, -0.1) is 0 Å². The number of carbonyl (C=O) groups is 3. The molecule has 648 valence electrons. The van der Waals surface area contributed by atoms with Gasteiger partial charge in [-0.1, -0.05) is 114 Å². The topological polar surface area (TPSA) is 302 Å². The molecule has 6 aromatic heterocycles. The lowest BCUT2D eigenvalue weighted by Crippen LogP contribution is -2.56. The zero-order valence-electron chi connectivity index (χ0n) is 70.2. The smallest absolute Gasteiger partial charge is 0.354 e. The van der Waals surface area contributed by atoms with Gasteiger partial charge in [0.2, 0.25) is 17.7 Å². The van der Waals surface area contributed by atoms with Gasteiger partial charge in [-0.3, -0.25) is 43.0 Å². The number of amides is 3. The maximum Gasteiger partial charge on any atom is 0.354 e. The number of phenolic OH excluding ortho intramolecular Hbond substituents is 3. The van der Waals surface area contributed by atoms with E-state index in [2.05, 4.69) is 49.6 Å². The quantitative estimate of drug-likeness (QED) is 0.0957. The summed E-state index contributed by atoms with van der Waals surface area (Å²) in [5, 5.41) is 33.8. The number of nitrogens with zero attached hydrogens (tertiary/aromatic N) is 15. The van der Waals surface area contributed by atoms with Crippen molar-refractivity contribution < 1.29 is 57.1 Å². The Kier molecular flexibility index (Phi) is 23.5. The van der Waals surface area contributed by atoms with Crippen molar-refractivity contribution in [2.24, 2.45) is 0 Å². The van der Waals surface area contributed by atoms with Crippen molar-refractivity contribution >= 4 is 103 Å². The number of benzene rings is 6. The molecule has 0 bridgehead atoms. The molecule has 0 radical (unpaired) electrons. The van der Waals surface area contributed by atoms with Crippen molar-refractivity contribution in [1.82, 2.24) is 58.3 Å². The van der Waals surface area contributed by atoms with Gasteiger partial charge in [0.25, 0.3) is 0 Å². The number of fused-ring (bicyclic) bond motifs is 6. The van der Waals surface area contributed by atoms with E-state index in [0.29, 0.717) is 143 Å². The average molecular weight is 1770 g/mol. The summed E-state index contributed by atoms with van der Waals surface area (Å²) in [7, 11) is 0. The van der Waals surface area contributed by atoms with Crippen molar-refractivity contribution in [3.63, 3.8) is 0 Å². The second-order valence-electron chi connectivity index (χ2n) is 32.4. The molecule has 126 heavy (non-hydrogen) atoms. The second-order valence-corrected chi connectivity index (χ2v) is 33.6. The Labute approximate surface area is 735 Å². The summed E-state index contributed by atoms with van der Waals surface area (Å²) in [6, 6.07) is 21.2. The van der Waals surface area contributed by atoms with E-state index in [1.807, 2.05) is 95.2 Å². The Bertz CT molecular complexity index is 6090. The standard InChI is InChI=1S/3C31H29ClFN5O4/c3*1-5-23(40)36-11-12-37-18(14-36)15-42-29-25-21(13-19(26(29)32)24-20(33)7-6-8-22(24)39)38(31(41)35-30(25)37)28-17(4)9-10-34-27(28)16(2)3/h3*5-10,13,16,18,39H,1,11-12,14-15H2,2-4H3/t3*18-/m111/s1. The first-order valence-corrected chi connectivity index (χ1v) is 42.1. The Hall–Kier alpha value is -13.3. The van der Waals surface area contributed by atoms with Crippen LogP contribution in [0.15, 0.2) is 162 Å². The Morgan fingerprint density at radius 1 is 0.429 bits per heavy atom. The molecule has 27 nitrogen and oxygen atoms in total. The number of ether oxygens (including phenoxy) is 3. The zero-order valence-corrected chi connectivity index (χ0v) is 72.5. The molecule has 3 amide bonds. The van der Waals surface area contributed by atoms with Gasteiger partial charge in [0.05, 0.1) is 117 Å². The molecule has 3 atom stereocenters. The molecule has 3 N–H and O–H groups in total. The first-order chi connectivity index (χ1) is 60.3. The summed E-state index contributed by atoms with van der Waals surface area (Å²) in [5.41, 5.74) is 5.75. The van der Waals surface area contributed by atoms with E-state index in [0.717, 1.165) is 16.7 Å². The minimum absolute atomic E-state index is 0.0323. The molecule has 0 aliphatic carbocycles. The summed E-state index contributed by atoms with van der Waals surface area (Å²) in [5.74, 6) is -1.92. The second kappa shape index (κ2) is 34.3. The lowest BCUT2D eigenvalue weighted by Gasteiger charge is -2.40. The number of rotatable bonds is 12. The Balaban J connectivity index is 0.000000139. The van der Waals surface area contributed by atoms with Crippen LogP contribution in [0.5, 0.6) is 34.5 Å². The number of anilines is 3. The van der Waals surface area contributed by atoms with Crippen molar-refractivity contribution in [2.45, 2.75) is 98.2 Å². The number of aryl methyl sites for hydroxylation is 3. The first kappa shape index (κ1) is 86.2. The van der Waals surface area contributed by atoms with Crippen molar-refractivity contribution in [3.8, 4) is 84.9 Å². The lowest BCUT2D eigenvalue weighted by molar-refractivity contribution is -0.127. The van der Waals surface area contributed by atoms with E-state index in [-0.39, 0.29) is 156 Å². The van der Waals surface area contributed by atoms with Gasteiger partial charge in [-0.25, -0.2) is 27.6 Å². The number of hydrogen-bond donors (Lipinski definition) is 3. The first-order valence-electron chi connectivity index (χ1n) is 41.0. The predicted octanol–water partition coefficient (Wildman–Crippen LogP) is 14.9. The molecule has 6 aliphatic heterocycles. The summed E-state index contributed by atoms with van der Waals surface area (Å²) < 4.78 is 69.2. The van der Waals surface area contributed by atoms with Gasteiger partial charge in [-0.05, 0) is 146 Å². The summed E-state index contributed by atoms with van der Waals surface area (Å²) >= 11 is 20.9. The number of hydrogen-bond acceptors (Lipinski definition) is 21. The minimum Gasteiger partial charge on any atom is -0.507 e. The molecule has 0 saturated carbocycles. The van der Waals surface area contributed by atoms with Crippen LogP contribution in [0.3, 0.4) is 0 Å². The molecule has 33 heteroatoms. The van der Waals surface area contributed by atoms with Crippen LogP contribution in [-0.4, -0.2) is 188 Å². The van der Waals surface area contributed by atoms with Crippen LogP contribution in [-0.2, 0) is 14.4 Å². The molecule has 12 aromatic rings. The summed E-state index contributed by atoms with van der Waals surface area (Å²) in [4.78, 5) is 118. The number of aromatic hydroxyl groups is 3. The molecule has 12 heterocycles. The van der Waals surface area contributed by atoms with Crippen LogP contribution in [0.1, 0.15) is 93.1 Å². The number of piperazine rings is 3. The molecule has 6 aliphatic rings. The third kappa shape index (κ3) is 14.9. The van der Waals surface area contributed by atoms with Crippen molar-refractivity contribution in [3.05, 3.63) is 245 Å². The van der Waals surface area contributed by atoms with Gasteiger partial charge < -0.3 is 58.9 Å². The van der Waals surface area contributed by atoms with Crippen LogP contribution >= 0.6 is 34.8 Å². The summed E-state index contributed by atoms with van der Waals surface area (Å²) in [6.45, 7) is 32.1. The van der Waals surface area contributed by atoms with Crippen molar-refractivity contribution in [2.75, 3.05) is 93.4 Å². The highest BCUT2D eigenvalue weighted by atomic mass is 35.5. The van der Waals surface area contributed by atoms with E-state index in [9.17, 15) is 44.1 Å². The third-order valence-electron chi connectivity index (χ3n) is 23.7. The highest BCUT2D eigenvalue weighted by Gasteiger charge is 2.42. The van der Waals surface area contributed by atoms with Gasteiger partial charge in [-0.2, -0.15) is 15.0 Å². The highest BCUT2D eigenvalue weighted by molar-refractivity contribution is 6.38. The maximum absolute atomic E-state index is 15.3. The summed E-state index contributed by atoms with van der Waals surface area (Å²) in [6.07, 6.45) is 8.89.